The maximum Gasteiger partial charge on any atom is 0.243 e. The topological polar surface area (TPSA) is 63.4 Å². The van der Waals surface area contributed by atoms with Crippen LogP contribution in [-0.2, 0) is 10.0 Å². The van der Waals surface area contributed by atoms with Crippen molar-refractivity contribution < 1.29 is 8.42 Å². The van der Waals surface area contributed by atoms with Gasteiger partial charge in [0.2, 0.25) is 10.0 Å². The lowest BCUT2D eigenvalue weighted by molar-refractivity contribution is 0.291. The number of benzene rings is 1. The second-order valence-electron chi connectivity index (χ2n) is 5.84. The van der Waals surface area contributed by atoms with E-state index in [1.807, 2.05) is 13.8 Å². The molecule has 1 aromatic carbocycles. The summed E-state index contributed by atoms with van der Waals surface area (Å²) in [6, 6.07) is 5.09. The normalized spacial score (nSPS) is 19.1. The van der Waals surface area contributed by atoms with Crippen molar-refractivity contribution in [1.29, 1.82) is 0 Å². The highest BCUT2D eigenvalue weighted by Crippen LogP contribution is 2.35. The fourth-order valence-electron chi connectivity index (χ4n) is 2.68. The first-order valence-corrected chi connectivity index (χ1v) is 8.44. The molecule has 4 nitrogen and oxygen atoms in total. The maximum absolute atomic E-state index is 12.9. The van der Waals surface area contributed by atoms with Gasteiger partial charge in [-0.05, 0) is 45.2 Å². The average Bonchev–Trinajstić information content (AvgIpc) is 2.69. The second kappa shape index (κ2) is 5.09. The number of sulfonamides is 1. The molecule has 0 unspecified atom stereocenters. The highest BCUT2D eigenvalue weighted by Gasteiger charge is 2.41. The Bertz CT molecular complexity index is 651. The molecule has 0 atom stereocenters. The summed E-state index contributed by atoms with van der Waals surface area (Å²) < 4.78 is 27.4. The molecule has 0 aromatic heterocycles. The van der Waals surface area contributed by atoms with E-state index in [-0.39, 0.29) is 10.5 Å². The Morgan fingerprint density at radius 3 is 2.55 bits per heavy atom. The van der Waals surface area contributed by atoms with E-state index in [4.69, 9.17) is 18.0 Å². The highest BCUT2D eigenvalue weighted by molar-refractivity contribution is 7.89. The Balaban J connectivity index is 2.55. The minimum absolute atomic E-state index is 0.210. The third kappa shape index (κ3) is 2.60. The number of thiocarbonyl (C=S) groups is 1. The van der Waals surface area contributed by atoms with Gasteiger partial charge in [-0.3, -0.25) is 0 Å². The Kier molecular flexibility index (Phi) is 3.92. The summed E-state index contributed by atoms with van der Waals surface area (Å²) in [6.07, 6.45) is 1.76. The summed E-state index contributed by atoms with van der Waals surface area (Å²) >= 11 is 4.94. The quantitative estimate of drug-likeness (QED) is 0.869. The van der Waals surface area contributed by atoms with Crippen LogP contribution in [0.1, 0.15) is 37.8 Å². The summed E-state index contributed by atoms with van der Waals surface area (Å²) in [4.78, 5) is 0.514. The van der Waals surface area contributed by atoms with E-state index in [1.165, 1.54) is 0 Å². The molecule has 20 heavy (non-hydrogen) atoms. The van der Waals surface area contributed by atoms with Crippen LogP contribution in [0.25, 0.3) is 0 Å². The third-order valence-electron chi connectivity index (χ3n) is 3.87. The smallest absolute Gasteiger partial charge is 0.243 e. The van der Waals surface area contributed by atoms with Gasteiger partial charge in [-0.25, -0.2) is 8.42 Å². The molecule has 0 aliphatic carbocycles. The van der Waals surface area contributed by atoms with Crippen LogP contribution in [0, 0.1) is 6.92 Å². The fourth-order valence-corrected chi connectivity index (χ4v) is 4.90. The molecule has 0 radical (unpaired) electrons. The van der Waals surface area contributed by atoms with Gasteiger partial charge in [0.05, 0.1) is 4.90 Å². The minimum atomic E-state index is -3.51. The van der Waals surface area contributed by atoms with E-state index < -0.39 is 10.0 Å². The van der Waals surface area contributed by atoms with E-state index >= 15 is 0 Å². The van der Waals surface area contributed by atoms with Gasteiger partial charge in [0, 0.05) is 17.6 Å². The zero-order valence-electron chi connectivity index (χ0n) is 12.0. The zero-order valence-corrected chi connectivity index (χ0v) is 13.6. The van der Waals surface area contributed by atoms with Crippen molar-refractivity contribution in [1.82, 2.24) is 4.31 Å². The Morgan fingerprint density at radius 1 is 1.40 bits per heavy atom. The second-order valence-corrected chi connectivity index (χ2v) is 8.11. The van der Waals surface area contributed by atoms with Crippen LogP contribution in [0.4, 0.5) is 0 Å². The monoisotopic (exact) mass is 312 g/mol. The predicted octanol–water partition coefficient (Wildman–Crippen LogP) is 2.19. The molecule has 110 valence electrons. The number of nitrogens with two attached hydrogens (primary N) is 1. The van der Waals surface area contributed by atoms with Crippen molar-refractivity contribution in [2.75, 3.05) is 6.54 Å². The van der Waals surface area contributed by atoms with Crippen molar-refractivity contribution in [3.63, 3.8) is 0 Å². The van der Waals surface area contributed by atoms with E-state index in [0.29, 0.717) is 22.6 Å². The first-order valence-electron chi connectivity index (χ1n) is 6.59. The first kappa shape index (κ1) is 15.4. The van der Waals surface area contributed by atoms with Crippen LogP contribution in [0.3, 0.4) is 0 Å². The Labute approximate surface area is 126 Å². The van der Waals surface area contributed by atoms with Crippen LogP contribution in [0.2, 0.25) is 0 Å². The lowest BCUT2D eigenvalue weighted by atomic mass is 10.0. The Morgan fingerprint density at radius 2 is 2.05 bits per heavy atom. The van der Waals surface area contributed by atoms with E-state index in [9.17, 15) is 8.42 Å². The first-order chi connectivity index (χ1) is 9.16. The van der Waals surface area contributed by atoms with Gasteiger partial charge in [0.15, 0.2) is 0 Å². The van der Waals surface area contributed by atoms with Gasteiger partial charge in [0.25, 0.3) is 0 Å². The molecule has 6 heteroatoms. The third-order valence-corrected chi connectivity index (χ3v) is 6.35. The summed E-state index contributed by atoms with van der Waals surface area (Å²) in [5.41, 5.74) is 6.56. The molecule has 1 aromatic rings. The van der Waals surface area contributed by atoms with E-state index in [1.54, 1.807) is 29.4 Å². The molecule has 2 rings (SSSR count). The summed E-state index contributed by atoms with van der Waals surface area (Å²) in [7, 11) is -3.51. The largest absolute Gasteiger partial charge is 0.389 e. The molecular formula is C14H20N2O2S2. The number of nitrogens with zero attached hydrogens (tertiary/aromatic N) is 1. The van der Waals surface area contributed by atoms with Crippen molar-refractivity contribution in [2.45, 2.75) is 44.0 Å². The van der Waals surface area contributed by atoms with Crippen molar-refractivity contribution >= 4 is 27.2 Å². The van der Waals surface area contributed by atoms with Crippen molar-refractivity contribution in [3.05, 3.63) is 29.3 Å². The van der Waals surface area contributed by atoms with Crippen LogP contribution in [0.15, 0.2) is 23.1 Å². The van der Waals surface area contributed by atoms with Crippen molar-refractivity contribution in [2.24, 2.45) is 5.73 Å². The van der Waals surface area contributed by atoms with Crippen LogP contribution in [-0.4, -0.2) is 29.8 Å². The summed E-state index contributed by atoms with van der Waals surface area (Å²) in [6.45, 7) is 6.28. The lowest BCUT2D eigenvalue weighted by Gasteiger charge is -2.31. The molecule has 0 bridgehead atoms. The van der Waals surface area contributed by atoms with Gasteiger partial charge < -0.3 is 5.73 Å². The molecule has 1 aliphatic heterocycles. The van der Waals surface area contributed by atoms with E-state index in [2.05, 4.69) is 0 Å². The highest BCUT2D eigenvalue weighted by atomic mass is 32.2. The molecule has 0 saturated carbocycles. The minimum Gasteiger partial charge on any atom is -0.389 e. The van der Waals surface area contributed by atoms with Crippen LogP contribution in [0.5, 0.6) is 0 Å². The van der Waals surface area contributed by atoms with Crippen LogP contribution >= 0.6 is 12.2 Å². The van der Waals surface area contributed by atoms with Gasteiger partial charge in [-0.1, -0.05) is 24.4 Å². The zero-order chi connectivity index (χ0) is 15.1. The predicted molar refractivity (Wildman–Crippen MR) is 84.3 cm³/mol. The number of aryl methyl sites for hydroxylation is 1. The van der Waals surface area contributed by atoms with Crippen LogP contribution < -0.4 is 5.73 Å². The molecule has 2 N–H and O–H groups in total. The molecule has 0 spiro atoms. The molecule has 1 aliphatic rings. The molecule has 1 fully saturated rings. The van der Waals surface area contributed by atoms with Gasteiger partial charge in [-0.2, -0.15) is 4.31 Å². The van der Waals surface area contributed by atoms with Gasteiger partial charge in [0.1, 0.15) is 4.99 Å². The molecule has 0 amide bonds. The van der Waals surface area contributed by atoms with E-state index in [0.717, 1.165) is 12.8 Å². The standard InChI is InChI=1S/C14H20N2O2S2/c1-10-5-6-11(13(15)19)9-12(10)20(17,18)16-8-4-7-14(16,2)3/h5-6,9H,4,7-8H2,1-3H3,(H2,15,19). The van der Waals surface area contributed by atoms with Gasteiger partial charge in [-0.15, -0.1) is 0 Å². The number of hydrogen-bond donors (Lipinski definition) is 1. The molecule has 1 saturated heterocycles. The number of hydrogen-bond acceptors (Lipinski definition) is 3. The lowest BCUT2D eigenvalue weighted by Crippen LogP contribution is -2.42. The van der Waals surface area contributed by atoms with Gasteiger partial charge >= 0.3 is 0 Å². The summed E-state index contributed by atoms with van der Waals surface area (Å²) in [5.74, 6) is 0. The maximum atomic E-state index is 12.9. The molecular weight excluding hydrogens is 292 g/mol. The van der Waals surface area contributed by atoms with Crippen molar-refractivity contribution in [3.8, 4) is 0 Å². The Hall–Kier alpha value is -0.980. The average molecular weight is 312 g/mol. The summed E-state index contributed by atoms with van der Waals surface area (Å²) in [5, 5.41) is 0. The fraction of sp³-hybridized carbons (Fsp3) is 0.500. The number of rotatable bonds is 3. The SMILES string of the molecule is Cc1ccc(C(N)=S)cc1S(=O)(=O)N1CCCC1(C)C. The molecule has 1 heterocycles.